The van der Waals surface area contributed by atoms with Crippen LogP contribution < -0.4 is 5.32 Å². The van der Waals surface area contributed by atoms with E-state index >= 15 is 0 Å². The molecule has 0 aromatic heterocycles. The molecule has 2 aliphatic carbocycles. The van der Waals surface area contributed by atoms with Gasteiger partial charge in [0.15, 0.2) is 5.92 Å². The van der Waals surface area contributed by atoms with Gasteiger partial charge in [-0.15, -0.1) is 0 Å². The molecule has 0 aliphatic heterocycles. The summed E-state index contributed by atoms with van der Waals surface area (Å²) in [5, 5.41) is 20.1. The summed E-state index contributed by atoms with van der Waals surface area (Å²) >= 11 is 0. The summed E-state index contributed by atoms with van der Waals surface area (Å²) in [6, 6.07) is -0.217. The number of carboxylic acids is 1. The fourth-order valence-corrected chi connectivity index (χ4v) is 4.36. The molecule has 0 saturated heterocycles. The molecule has 0 heterocycles. The summed E-state index contributed by atoms with van der Waals surface area (Å²) in [7, 11) is 1.40. The van der Waals surface area contributed by atoms with Crippen LogP contribution in [0.1, 0.15) is 58.8 Å². The van der Waals surface area contributed by atoms with Crippen LogP contribution in [0.2, 0.25) is 0 Å². The predicted octanol–water partition coefficient (Wildman–Crippen LogP) is 3.31. The average Bonchev–Trinajstić information content (AvgIpc) is 2.69. The number of halogens is 2. The highest BCUT2D eigenvalue weighted by Gasteiger charge is 2.37. The van der Waals surface area contributed by atoms with E-state index in [-0.39, 0.29) is 48.7 Å². The molecule has 0 aromatic carbocycles. The van der Waals surface area contributed by atoms with Gasteiger partial charge in [-0.1, -0.05) is 0 Å². The average molecular weight is 430 g/mol. The van der Waals surface area contributed by atoms with Crippen LogP contribution in [0.3, 0.4) is 0 Å². The van der Waals surface area contributed by atoms with Gasteiger partial charge in [0.1, 0.15) is 18.4 Å². The Morgan fingerprint density at radius 2 is 1.80 bits per heavy atom. The number of carbonyl (C=O) groups is 2. The number of ether oxygens (including phenoxy) is 1. The second-order valence-electron chi connectivity index (χ2n) is 8.51. The second-order valence-corrected chi connectivity index (χ2v) is 8.51. The molecule has 170 valence electrons. The van der Waals surface area contributed by atoms with Crippen molar-refractivity contribution in [3.63, 3.8) is 0 Å². The number of nitrogens with zero attached hydrogens (tertiary/aromatic N) is 1. The summed E-state index contributed by atoms with van der Waals surface area (Å²) < 4.78 is 33.5. The topological polar surface area (TPSA) is 112 Å². The first-order valence-electron chi connectivity index (χ1n) is 10.6. The van der Waals surface area contributed by atoms with Gasteiger partial charge < -0.3 is 20.6 Å². The first-order chi connectivity index (χ1) is 14.1. The number of carboxylic acid groups (broad SMARTS) is 1. The van der Waals surface area contributed by atoms with Crippen molar-refractivity contribution in [2.75, 3.05) is 7.05 Å². The molecule has 0 radical (unpaired) electrons. The van der Waals surface area contributed by atoms with Crippen molar-refractivity contribution < 1.29 is 28.2 Å². The number of hydrogen-bond acceptors (Lipinski definition) is 5. The van der Waals surface area contributed by atoms with Crippen molar-refractivity contribution in [1.82, 2.24) is 5.32 Å². The first kappa shape index (κ1) is 24.2. The van der Waals surface area contributed by atoms with Crippen LogP contribution >= 0.6 is 0 Å². The van der Waals surface area contributed by atoms with Crippen molar-refractivity contribution in [2.24, 2.45) is 22.7 Å². The summed E-state index contributed by atoms with van der Waals surface area (Å²) in [5.74, 6) is -2.64. The van der Waals surface area contributed by atoms with Gasteiger partial charge in [0.25, 0.3) is 0 Å². The minimum Gasteiger partial charge on any atom is -0.481 e. The van der Waals surface area contributed by atoms with E-state index in [1.807, 2.05) is 6.92 Å². The molecule has 2 aliphatic rings. The molecule has 2 fully saturated rings. The Kier molecular flexibility index (Phi) is 8.73. The molecule has 2 rings (SSSR count). The first-order valence-corrected chi connectivity index (χ1v) is 10.6. The second kappa shape index (κ2) is 10.8. The molecule has 5 atom stereocenters. The quantitative estimate of drug-likeness (QED) is 0.426. The largest absolute Gasteiger partial charge is 0.481 e. The Hall–Kier alpha value is -2.06. The molecular weight excluding hydrogens is 396 g/mol. The van der Waals surface area contributed by atoms with Crippen LogP contribution in [0.5, 0.6) is 0 Å². The molecule has 1 amide bonds. The highest BCUT2D eigenvalue weighted by molar-refractivity contribution is 6.18. The number of aliphatic carboxylic acids is 1. The Bertz CT molecular complexity index is 665. The number of aliphatic imine (C=N–C) groups is 1. The monoisotopic (exact) mass is 429 g/mol. The molecule has 30 heavy (non-hydrogen) atoms. The number of amides is 1. The number of nitrogens with one attached hydrogen (secondary N) is 2. The third-order valence-electron chi connectivity index (χ3n) is 6.28. The van der Waals surface area contributed by atoms with E-state index < -0.39 is 36.2 Å². The number of hydrogen-bond donors (Lipinski definition) is 3. The third kappa shape index (κ3) is 6.22. The molecule has 5 unspecified atom stereocenters. The fourth-order valence-electron chi connectivity index (χ4n) is 4.36. The molecule has 0 aromatic rings. The standard InChI is InChI=1S/C21H33F2N3O4/c1-11(24)18(20(25-3)30-17-10-15(22)8-9-16(17)23)19(27)26-12(2)13-4-6-14(7-5-13)21(28)29/h12-18,24H,4-10H2,1-3H3,(H,26,27)(H,28,29). The van der Waals surface area contributed by atoms with E-state index in [1.165, 1.54) is 14.0 Å². The lowest BCUT2D eigenvalue weighted by atomic mass is 9.79. The minimum atomic E-state index is -1.34. The van der Waals surface area contributed by atoms with Gasteiger partial charge in [-0.25, -0.2) is 8.78 Å². The summed E-state index contributed by atoms with van der Waals surface area (Å²) in [6.07, 6.45) is -0.887. The van der Waals surface area contributed by atoms with E-state index in [1.54, 1.807) is 0 Å². The Morgan fingerprint density at radius 3 is 2.33 bits per heavy atom. The predicted molar refractivity (Wildman–Crippen MR) is 109 cm³/mol. The molecular formula is C21H33F2N3O4. The third-order valence-corrected chi connectivity index (χ3v) is 6.28. The fraction of sp³-hybridized carbons (Fsp3) is 0.810. The number of rotatable bonds is 7. The maximum absolute atomic E-state index is 14.2. The lowest BCUT2D eigenvalue weighted by Gasteiger charge is -2.33. The zero-order valence-electron chi connectivity index (χ0n) is 17.9. The summed E-state index contributed by atoms with van der Waals surface area (Å²) in [4.78, 5) is 28.0. The van der Waals surface area contributed by atoms with Gasteiger partial charge in [0.2, 0.25) is 11.8 Å². The zero-order chi connectivity index (χ0) is 22.4. The summed E-state index contributed by atoms with van der Waals surface area (Å²) in [5.41, 5.74) is -0.00194. The number of alkyl halides is 2. The van der Waals surface area contributed by atoms with Crippen LogP contribution in [0.15, 0.2) is 4.99 Å². The molecule has 2 saturated carbocycles. The Morgan fingerprint density at radius 1 is 1.17 bits per heavy atom. The van der Waals surface area contributed by atoms with Gasteiger partial charge >= 0.3 is 5.97 Å². The highest BCUT2D eigenvalue weighted by atomic mass is 19.1. The maximum Gasteiger partial charge on any atom is 0.306 e. The van der Waals surface area contributed by atoms with Gasteiger partial charge in [-0.3, -0.25) is 14.6 Å². The molecule has 0 spiro atoms. The number of carbonyl (C=O) groups excluding carboxylic acids is 1. The van der Waals surface area contributed by atoms with Crippen molar-refractivity contribution in [3.05, 3.63) is 0 Å². The SMILES string of the molecule is CN=C(OC1CC(F)CCC1F)C(C(C)=N)C(=O)NC(C)C1CCC(C(=O)O)CC1. The normalized spacial score (nSPS) is 32.0. The van der Waals surface area contributed by atoms with Crippen LogP contribution in [0.4, 0.5) is 8.78 Å². The van der Waals surface area contributed by atoms with Crippen molar-refractivity contribution in [1.29, 1.82) is 5.41 Å². The van der Waals surface area contributed by atoms with E-state index in [0.717, 1.165) is 0 Å². The van der Waals surface area contributed by atoms with Crippen molar-refractivity contribution in [3.8, 4) is 0 Å². The van der Waals surface area contributed by atoms with Crippen LogP contribution in [0.25, 0.3) is 0 Å². The Balaban J connectivity index is 2.00. The van der Waals surface area contributed by atoms with E-state index in [9.17, 15) is 18.4 Å². The Labute approximate surface area is 176 Å². The summed E-state index contributed by atoms with van der Waals surface area (Å²) in [6.45, 7) is 3.31. The highest BCUT2D eigenvalue weighted by Crippen LogP contribution is 2.31. The van der Waals surface area contributed by atoms with E-state index in [4.69, 9.17) is 15.3 Å². The lowest BCUT2D eigenvalue weighted by Crippen LogP contribution is -2.48. The lowest BCUT2D eigenvalue weighted by molar-refractivity contribution is -0.143. The van der Waals surface area contributed by atoms with Crippen LogP contribution in [-0.4, -0.2) is 60.1 Å². The van der Waals surface area contributed by atoms with E-state index in [0.29, 0.717) is 25.7 Å². The molecule has 7 nitrogen and oxygen atoms in total. The van der Waals surface area contributed by atoms with Gasteiger partial charge in [-0.2, -0.15) is 0 Å². The molecule has 0 bridgehead atoms. The van der Waals surface area contributed by atoms with Crippen LogP contribution in [0, 0.1) is 23.2 Å². The van der Waals surface area contributed by atoms with Crippen molar-refractivity contribution in [2.45, 2.75) is 83.3 Å². The molecule has 3 N–H and O–H groups in total. The van der Waals surface area contributed by atoms with Crippen molar-refractivity contribution >= 4 is 23.5 Å². The van der Waals surface area contributed by atoms with Gasteiger partial charge in [-0.05, 0) is 58.3 Å². The van der Waals surface area contributed by atoms with Gasteiger partial charge in [0.05, 0.1) is 5.92 Å². The minimum absolute atomic E-state index is 0.00194. The zero-order valence-corrected chi connectivity index (χ0v) is 17.9. The van der Waals surface area contributed by atoms with E-state index in [2.05, 4.69) is 10.3 Å². The van der Waals surface area contributed by atoms with Crippen LogP contribution in [-0.2, 0) is 14.3 Å². The molecule has 9 heteroatoms. The smallest absolute Gasteiger partial charge is 0.306 e. The van der Waals surface area contributed by atoms with Gasteiger partial charge in [0, 0.05) is 25.2 Å². The maximum atomic E-state index is 14.2.